The first-order valence-electron chi connectivity index (χ1n) is 6.59. The van der Waals surface area contributed by atoms with Crippen molar-refractivity contribution in [2.45, 2.75) is 32.2 Å². The van der Waals surface area contributed by atoms with Gasteiger partial charge < -0.3 is 24.8 Å². The van der Waals surface area contributed by atoms with Gasteiger partial charge in [0.2, 0.25) is 0 Å². The molecule has 0 spiro atoms. The number of aliphatic carboxylic acids is 1. The highest BCUT2D eigenvalue weighted by atomic mass is 16.5. The van der Waals surface area contributed by atoms with E-state index >= 15 is 0 Å². The molecular formula is C13H26N2O5. The Morgan fingerprint density at radius 3 is 2.05 bits per heavy atom. The molecule has 0 saturated heterocycles. The standard InChI is InChI=1S/C13H26N2O5/c1-13(2,6-5-11(16)17)14-12(18)15(7-9-19-3)8-10-20-4/h5-10H2,1-4H3,(H,14,18)(H,16,17). The number of nitrogens with one attached hydrogen (secondary N) is 1. The van der Waals surface area contributed by atoms with Crippen molar-refractivity contribution in [3.05, 3.63) is 0 Å². The largest absolute Gasteiger partial charge is 0.481 e. The third-order valence-electron chi connectivity index (χ3n) is 2.83. The minimum Gasteiger partial charge on any atom is -0.481 e. The van der Waals surface area contributed by atoms with Crippen LogP contribution in [-0.2, 0) is 14.3 Å². The maximum atomic E-state index is 12.2. The summed E-state index contributed by atoms with van der Waals surface area (Å²) in [7, 11) is 3.15. The fraction of sp³-hybridized carbons (Fsp3) is 0.846. The predicted molar refractivity (Wildman–Crippen MR) is 74.8 cm³/mol. The van der Waals surface area contributed by atoms with Crippen molar-refractivity contribution in [3.63, 3.8) is 0 Å². The summed E-state index contributed by atoms with van der Waals surface area (Å²) in [6, 6.07) is -0.241. The number of carbonyl (C=O) groups excluding carboxylic acids is 1. The van der Waals surface area contributed by atoms with Crippen molar-refractivity contribution >= 4 is 12.0 Å². The fourth-order valence-electron chi connectivity index (χ4n) is 1.57. The molecule has 0 aliphatic carbocycles. The topological polar surface area (TPSA) is 88.1 Å². The lowest BCUT2D eigenvalue weighted by Crippen LogP contribution is -2.51. The van der Waals surface area contributed by atoms with E-state index in [1.165, 1.54) is 0 Å². The number of methoxy groups -OCH3 is 2. The van der Waals surface area contributed by atoms with Gasteiger partial charge in [-0.1, -0.05) is 0 Å². The molecule has 0 aliphatic rings. The van der Waals surface area contributed by atoms with E-state index in [0.717, 1.165) is 0 Å². The van der Waals surface area contributed by atoms with Crippen LogP contribution in [0.3, 0.4) is 0 Å². The van der Waals surface area contributed by atoms with Crippen LogP contribution in [0.15, 0.2) is 0 Å². The number of urea groups is 1. The summed E-state index contributed by atoms with van der Waals surface area (Å²) >= 11 is 0. The third kappa shape index (κ3) is 8.71. The first kappa shape index (κ1) is 18.7. The molecule has 0 aromatic carbocycles. The Kier molecular flexibility index (Phi) is 8.91. The van der Waals surface area contributed by atoms with Crippen LogP contribution < -0.4 is 5.32 Å². The summed E-state index contributed by atoms with van der Waals surface area (Å²) in [6.07, 6.45) is 0.389. The Labute approximate surface area is 120 Å². The smallest absolute Gasteiger partial charge is 0.317 e. The van der Waals surface area contributed by atoms with Gasteiger partial charge in [0.05, 0.1) is 13.2 Å². The summed E-state index contributed by atoms with van der Waals surface area (Å²) < 4.78 is 9.94. The quantitative estimate of drug-likeness (QED) is 0.625. The first-order chi connectivity index (χ1) is 9.32. The van der Waals surface area contributed by atoms with Gasteiger partial charge in [-0.3, -0.25) is 4.79 Å². The molecule has 0 heterocycles. The molecule has 0 radical (unpaired) electrons. The van der Waals surface area contributed by atoms with Crippen molar-refractivity contribution in [2.75, 3.05) is 40.5 Å². The maximum Gasteiger partial charge on any atom is 0.317 e. The molecule has 0 aromatic heterocycles. The number of carboxylic acid groups (broad SMARTS) is 1. The summed E-state index contributed by atoms with van der Waals surface area (Å²) in [5, 5.41) is 11.5. The van der Waals surface area contributed by atoms with E-state index in [2.05, 4.69) is 5.32 Å². The maximum absolute atomic E-state index is 12.2. The van der Waals surface area contributed by atoms with Crippen molar-refractivity contribution in [1.82, 2.24) is 10.2 Å². The van der Waals surface area contributed by atoms with Crippen LogP contribution in [-0.4, -0.2) is 68.1 Å². The number of carboxylic acids is 1. The number of carbonyl (C=O) groups is 2. The summed E-state index contributed by atoms with van der Waals surface area (Å²) in [6.45, 7) is 5.40. The monoisotopic (exact) mass is 290 g/mol. The van der Waals surface area contributed by atoms with E-state index in [4.69, 9.17) is 14.6 Å². The summed E-state index contributed by atoms with van der Waals surface area (Å²) in [5.74, 6) is -0.872. The highest BCUT2D eigenvalue weighted by molar-refractivity contribution is 5.75. The van der Waals surface area contributed by atoms with Gasteiger partial charge in [-0.25, -0.2) is 4.79 Å². The van der Waals surface area contributed by atoms with Gasteiger partial charge in [0, 0.05) is 39.3 Å². The average molecular weight is 290 g/mol. The number of nitrogens with zero attached hydrogens (tertiary/aromatic N) is 1. The van der Waals surface area contributed by atoms with Gasteiger partial charge in [0.25, 0.3) is 0 Å². The molecule has 118 valence electrons. The van der Waals surface area contributed by atoms with Crippen molar-refractivity contribution < 1.29 is 24.2 Å². The van der Waals surface area contributed by atoms with E-state index < -0.39 is 11.5 Å². The minimum absolute atomic E-state index is 0.0173. The Balaban J connectivity index is 4.43. The molecule has 0 aromatic rings. The average Bonchev–Trinajstić information content (AvgIpc) is 2.36. The van der Waals surface area contributed by atoms with Crippen LogP contribution in [0.1, 0.15) is 26.7 Å². The second-order valence-electron chi connectivity index (χ2n) is 5.18. The normalized spacial score (nSPS) is 11.2. The van der Waals surface area contributed by atoms with Crippen LogP contribution in [0.25, 0.3) is 0 Å². The van der Waals surface area contributed by atoms with Gasteiger partial charge in [-0.15, -0.1) is 0 Å². The second kappa shape index (κ2) is 9.55. The van der Waals surface area contributed by atoms with Crippen molar-refractivity contribution in [1.29, 1.82) is 0 Å². The Morgan fingerprint density at radius 1 is 1.15 bits per heavy atom. The molecule has 0 saturated carbocycles. The number of rotatable bonds is 10. The molecule has 2 N–H and O–H groups in total. The van der Waals surface area contributed by atoms with Gasteiger partial charge in [0.1, 0.15) is 0 Å². The van der Waals surface area contributed by atoms with Crippen molar-refractivity contribution in [2.24, 2.45) is 0 Å². The zero-order valence-corrected chi connectivity index (χ0v) is 12.8. The number of hydrogen-bond acceptors (Lipinski definition) is 4. The van der Waals surface area contributed by atoms with Crippen molar-refractivity contribution in [3.8, 4) is 0 Å². The molecule has 2 amide bonds. The SMILES string of the molecule is COCCN(CCOC)C(=O)NC(C)(C)CCC(=O)O. The predicted octanol–water partition coefficient (Wildman–Crippen LogP) is 0.934. The summed E-state index contributed by atoms with van der Waals surface area (Å²) in [5.41, 5.74) is -0.576. The van der Waals surface area contributed by atoms with E-state index in [9.17, 15) is 9.59 Å². The van der Waals surface area contributed by atoms with E-state index in [1.807, 2.05) is 0 Å². The molecule has 0 aliphatic heterocycles. The Morgan fingerprint density at radius 2 is 1.65 bits per heavy atom. The highest BCUT2D eigenvalue weighted by Gasteiger charge is 2.24. The third-order valence-corrected chi connectivity index (χ3v) is 2.83. The van der Waals surface area contributed by atoms with Gasteiger partial charge in [0.15, 0.2) is 0 Å². The number of ether oxygens (including phenoxy) is 2. The van der Waals surface area contributed by atoms with Crippen LogP contribution in [0.5, 0.6) is 0 Å². The van der Waals surface area contributed by atoms with Gasteiger partial charge >= 0.3 is 12.0 Å². The minimum atomic E-state index is -0.872. The van der Waals surface area contributed by atoms with E-state index in [1.54, 1.807) is 33.0 Å². The molecule has 7 nitrogen and oxygen atoms in total. The lowest BCUT2D eigenvalue weighted by Gasteiger charge is -2.30. The van der Waals surface area contributed by atoms with Crippen LogP contribution >= 0.6 is 0 Å². The number of amides is 2. The first-order valence-corrected chi connectivity index (χ1v) is 6.59. The van der Waals surface area contributed by atoms with E-state index in [-0.39, 0.29) is 12.5 Å². The lowest BCUT2D eigenvalue weighted by molar-refractivity contribution is -0.137. The molecule has 0 fully saturated rings. The molecule has 0 rings (SSSR count). The van der Waals surface area contributed by atoms with Crippen LogP contribution in [0, 0.1) is 0 Å². The summed E-state index contributed by atoms with van der Waals surface area (Å²) in [4.78, 5) is 24.4. The van der Waals surface area contributed by atoms with Gasteiger partial charge in [-0.2, -0.15) is 0 Å². The van der Waals surface area contributed by atoms with E-state index in [0.29, 0.717) is 32.7 Å². The highest BCUT2D eigenvalue weighted by Crippen LogP contribution is 2.12. The second-order valence-corrected chi connectivity index (χ2v) is 5.18. The molecule has 7 heteroatoms. The molecule has 0 atom stereocenters. The molecule has 0 bridgehead atoms. The Bertz CT molecular complexity index is 299. The Hall–Kier alpha value is -1.34. The zero-order chi connectivity index (χ0) is 15.6. The number of hydrogen-bond donors (Lipinski definition) is 2. The van der Waals surface area contributed by atoms with Crippen LogP contribution in [0.4, 0.5) is 4.79 Å². The van der Waals surface area contributed by atoms with Crippen LogP contribution in [0.2, 0.25) is 0 Å². The van der Waals surface area contributed by atoms with Gasteiger partial charge in [-0.05, 0) is 20.3 Å². The fourth-order valence-corrected chi connectivity index (χ4v) is 1.57. The molecule has 20 heavy (non-hydrogen) atoms. The molecular weight excluding hydrogens is 264 g/mol. The molecule has 0 unspecified atom stereocenters. The zero-order valence-electron chi connectivity index (χ0n) is 12.8. The lowest BCUT2D eigenvalue weighted by atomic mass is 9.99.